The Hall–Kier alpha value is -1.16. The minimum atomic E-state index is 0.678. The molecule has 0 saturated carbocycles. The highest BCUT2D eigenvalue weighted by Gasteiger charge is 1.92. The highest BCUT2D eigenvalue weighted by Crippen LogP contribution is 2.02. The third-order valence-corrected chi connectivity index (χ3v) is 1.61. The molecule has 0 atom stereocenters. The molecule has 3 nitrogen and oxygen atoms in total. The lowest BCUT2D eigenvalue weighted by atomic mass is 10.2. The van der Waals surface area contributed by atoms with E-state index in [2.05, 4.69) is 10.1 Å². The summed E-state index contributed by atoms with van der Waals surface area (Å²) in [6.07, 6.45) is 3.07. The van der Waals surface area contributed by atoms with Crippen LogP contribution in [-0.2, 0) is 0 Å². The number of nitrogens with zero attached hydrogens (tertiary/aromatic N) is 1. The first-order valence-corrected chi connectivity index (χ1v) is 3.51. The van der Waals surface area contributed by atoms with Crippen molar-refractivity contribution in [1.29, 1.82) is 0 Å². The Labute approximate surface area is 69.4 Å². The monoisotopic (exact) mass is 168 g/mol. The van der Waals surface area contributed by atoms with Gasteiger partial charge in [-0.3, -0.25) is 0 Å². The van der Waals surface area contributed by atoms with Crippen LogP contribution in [0.4, 0.5) is 0 Å². The zero-order valence-electron chi connectivity index (χ0n) is 6.03. The zero-order valence-corrected chi connectivity index (χ0v) is 6.85. The average Bonchev–Trinajstić information content (AvgIpc) is 1.95. The highest BCUT2D eigenvalue weighted by molar-refractivity contribution is 7.71. The lowest BCUT2D eigenvalue weighted by Gasteiger charge is -1.96. The van der Waals surface area contributed by atoms with E-state index in [-0.39, 0.29) is 0 Å². The Kier molecular flexibility index (Phi) is 2.38. The number of aromatic nitrogens is 1. The Morgan fingerprint density at radius 2 is 2.45 bits per heavy atom. The van der Waals surface area contributed by atoms with E-state index in [1.807, 2.05) is 13.0 Å². The van der Waals surface area contributed by atoms with Crippen molar-refractivity contribution in [3.63, 3.8) is 0 Å². The molecule has 1 rings (SSSR count). The molecule has 0 bridgehead atoms. The fourth-order valence-electron chi connectivity index (χ4n) is 0.786. The maximum absolute atomic E-state index is 8.24. The molecule has 0 radical (unpaired) electrons. The van der Waals surface area contributed by atoms with Crippen LogP contribution in [0.1, 0.15) is 11.1 Å². The maximum Gasteiger partial charge on any atom is 0.103 e. The molecule has 0 saturated heterocycles. The molecule has 58 valence electrons. The Bertz CT molecular complexity index is 329. The predicted molar refractivity (Wildman–Crippen MR) is 45.7 cm³/mol. The maximum atomic E-state index is 8.24. The fourth-order valence-corrected chi connectivity index (χ4v) is 1.02. The molecule has 0 aromatic carbocycles. The summed E-state index contributed by atoms with van der Waals surface area (Å²) >= 11 is 4.88. The summed E-state index contributed by atoms with van der Waals surface area (Å²) in [6.45, 7) is 1.90. The summed E-state index contributed by atoms with van der Waals surface area (Å²) in [5, 5.41) is 11.2. The first-order valence-electron chi connectivity index (χ1n) is 3.11. The summed E-state index contributed by atoms with van der Waals surface area (Å²) in [5.41, 5.74) is 1.83. The fraction of sp³-hybridized carbons (Fsp3) is 0.143. The van der Waals surface area contributed by atoms with Crippen LogP contribution >= 0.6 is 12.2 Å². The van der Waals surface area contributed by atoms with Crippen molar-refractivity contribution in [3.8, 4) is 0 Å². The van der Waals surface area contributed by atoms with Crippen LogP contribution in [0.2, 0.25) is 0 Å². The van der Waals surface area contributed by atoms with Gasteiger partial charge in [0, 0.05) is 11.8 Å². The number of hydrogen-bond acceptors (Lipinski definition) is 3. The molecule has 2 N–H and O–H groups in total. The number of pyridine rings is 1. The van der Waals surface area contributed by atoms with E-state index >= 15 is 0 Å². The van der Waals surface area contributed by atoms with E-state index in [9.17, 15) is 0 Å². The Morgan fingerprint density at radius 3 is 3.00 bits per heavy atom. The van der Waals surface area contributed by atoms with E-state index in [4.69, 9.17) is 17.4 Å². The standard InChI is InChI=1S/C7H8N2OS/c1-5-2-7(11)8-3-6(5)4-9-10/h2-4,10H,1H3,(H,8,11). The van der Waals surface area contributed by atoms with E-state index in [0.717, 1.165) is 11.1 Å². The van der Waals surface area contributed by atoms with E-state index in [0.29, 0.717) is 4.64 Å². The van der Waals surface area contributed by atoms with Gasteiger partial charge in [-0.05, 0) is 18.6 Å². The van der Waals surface area contributed by atoms with Gasteiger partial charge in [-0.1, -0.05) is 17.4 Å². The van der Waals surface area contributed by atoms with Gasteiger partial charge in [0.15, 0.2) is 0 Å². The number of aromatic amines is 1. The first-order chi connectivity index (χ1) is 5.24. The minimum Gasteiger partial charge on any atom is -0.411 e. The molecule has 1 heterocycles. The van der Waals surface area contributed by atoms with E-state index in [1.165, 1.54) is 6.21 Å². The lowest BCUT2D eigenvalue weighted by Crippen LogP contribution is -1.88. The van der Waals surface area contributed by atoms with Crippen molar-refractivity contribution in [1.82, 2.24) is 4.98 Å². The Morgan fingerprint density at radius 1 is 1.73 bits per heavy atom. The SMILES string of the molecule is Cc1cc(=S)[nH]cc1C=NO. The summed E-state index contributed by atoms with van der Waals surface area (Å²) in [4.78, 5) is 2.84. The number of rotatable bonds is 1. The van der Waals surface area contributed by atoms with Gasteiger partial charge in [-0.15, -0.1) is 0 Å². The van der Waals surface area contributed by atoms with Gasteiger partial charge in [-0.25, -0.2) is 0 Å². The van der Waals surface area contributed by atoms with Gasteiger partial charge in [0.2, 0.25) is 0 Å². The number of oxime groups is 1. The molecule has 0 fully saturated rings. The number of H-pyrrole nitrogens is 1. The van der Waals surface area contributed by atoms with Crippen molar-refractivity contribution in [2.75, 3.05) is 0 Å². The molecule has 0 spiro atoms. The van der Waals surface area contributed by atoms with E-state index < -0.39 is 0 Å². The van der Waals surface area contributed by atoms with Crippen LogP contribution in [0.25, 0.3) is 0 Å². The van der Waals surface area contributed by atoms with Crippen LogP contribution in [0.15, 0.2) is 17.4 Å². The van der Waals surface area contributed by atoms with Gasteiger partial charge < -0.3 is 10.2 Å². The zero-order chi connectivity index (χ0) is 8.27. The van der Waals surface area contributed by atoms with Crippen molar-refractivity contribution in [2.45, 2.75) is 6.92 Å². The third-order valence-electron chi connectivity index (χ3n) is 1.37. The van der Waals surface area contributed by atoms with E-state index in [1.54, 1.807) is 6.20 Å². The summed E-state index contributed by atoms with van der Waals surface area (Å²) < 4.78 is 0.678. The van der Waals surface area contributed by atoms with Crippen molar-refractivity contribution in [2.24, 2.45) is 5.16 Å². The number of aryl methyl sites for hydroxylation is 1. The molecule has 0 unspecified atom stereocenters. The molecule has 11 heavy (non-hydrogen) atoms. The number of hydrogen-bond donors (Lipinski definition) is 2. The average molecular weight is 168 g/mol. The van der Waals surface area contributed by atoms with Gasteiger partial charge in [0.1, 0.15) is 4.64 Å². The topological polar surface area (TPSA) is 48.4 Å². The first kappa shape index (κ1) is 7.94. The predicted octanol–water partition coefficient (Wildman–Crippen LogP) is 1.86. The molecular formula is C7H8N2OS. The van der Waals surface area contributed by atoms with Crippen molar-refractivity contribution < 1.29 is 5.21 Å². The van der Waals surface area contributed by atoms with Crippen LogP contribution in [0.3, 0.4) is 0 Å². The summed E-state index contributed by atoms with van der Waals surface area (Å²) in [6, 6.07) is 1.81. The lowest BCUT2D eigenvalue weighted by molar-refractivity contribution is 0.322. The highest BCUT2D eigenvalue weighted by atomic mass is 32.1. The van der Waals surface area contributed by atoms with Crippen LogP contribution in [0.5, 0.6) is 0 Å². The summed E-state index contributed by atoms with van der Waals surface area (Å²) in [7, 11) is 0. The molecule has 0 aliphatic heterocycles. The number of nitrogens with one attached hydrogen (secondary N) is 1. The van der Waals surface area contributed by atoms with Crippen LogP contribution < -0.4 is 0 Å². The Balaban J connectivity index is 3.19. The second-order valence-corrected chi connectivity index (χ2v) is 2.62. The van der Waals surface area contributed by atoms with Gasteiger partial charge in [0.25, 0.3) is 0 Å². The molecule has 0 aliphatic rings. The van der Waals surface area contributed by atoms with Gasteiger partial charge in [0.05, 0.1) is 6.21 Å². The van der Waals surface area contributed by atoms with Crippen molar-refractivity contribution in [3.05, 3.63) is 28.0 Å². The van der Waals surface area contributed by atoms with Crippen LogP contribution in [0, 0.1) is 11.6 Å². The largest absolute Gasteiger partial charge is 0.411 e. The second kappa shape index (κ2) is 3.30. The molecule has 0 aliphatic carbocycles. The quantitative estimate of drug-likeness (QED) is 0.291. The molecule has 1 aromatic heterocycles. The smallest absolute Gasteiger partial charge is 0.103 e. The minimum absolute atomic E-state index is 0.678. The normalized spacial score (nSPS) is 10.6. The summed E-state index contributed by atoms with van der Waals surface area (Å²) in [5.74, 6) is 0. The van der Waals surface area contributed by atoms with Gasteiger partial charge in [-0.2, -0.15) is 0 Å². The molecular weight excluding hydrogens is 160 g/mol. The molecule has 4 heteroatoms. The van der Waals surface area contributed by atoms with Crippen LogP contribution in [-0.4, -0.2) is 16.4 Å². The molecule has 1 aromatic rings. The van der Waals surface area contributed by atoms with Crippen molar-refractivity contribution >= 4 is 18.4 Å². The van der Waals surface area contributed by atoms with Gasteiger partial charge >= 0.3 is 0 Å². The second-order valence-electron chi connectivity index (χ2n) is 2.18. The molecule has 0 amide bonds. The third kappa shape index (κ3) is 1.88.